The van der Waals surface area contributed by atoms with Crippen molar-refractivity contribution in [2.24, 2.45) is 4.99 Å². The Kier molecular flexibility index (Phi) is 6.07. The molecule has 1 aromatic carbocycles. The summed E-state index contributed by atoms with van der Waals surface area (Å²) in [6.07, 6.45) is 1.52. The van der Waals surface area contributed by atoms with Crippen molar-refractivity contribution in [3.63, 3.8) is 0 Å². The summed E-state index contributed by atoms with van der Waals surface area (Å²) in [5.41, 5.74) is 0.805. The quantitative estimate of drug-likeness (QED) is 0.558. The first-order chi connectivity index (χ1) is 14.8. The molecular formula is C21H16Cl2N2O4S2. The summed E-state index contributed by atoms with van der Waals surface area (Å²) in [4.78, 5) is 31.9. The molecule has 0 saturated heterocycles. The van der Waals surface area contributed by atoms with E-state index in [0.717, 1.165) is 16.2 Å². The molecule has 0 aliphatic carbocycles. The fourth-order valence-electron chi connectivity index (χ4n) is 3.34. The van der Waals surface area contributed by atoms with Crippen molar-refractivity contribution in [2.75, 3.05) is 6.61 Å². The molecule has 1 atom stereocenters. The summed E-state index contributed by atoms with van der Waals surface area (Å²) >= 11 is 14.7. The maximum absolute atomic E-state index is 13.4. The van der Waals surface area contributed by atoms with Crippen LogP contribution in [0, 0.1) is 0 Å². The smallest absolute Gasteiger partial charge is 0.338 e. The molecule has 1 aliphatic heterocycles. The highest BCUT2D eigenvalue weighted by atomic mass is 35.5. The van der Waals surface area contributed by atoms with Crippen molar-refractivity contribution in [1.29, 1.82) is 0 Å². The minimum atomic E-state index is -0.644. The van der Waals surface area contributed by atoms with E-state index in [0.29, 0.717) is 31.2 Å². The number of carbonyl (C=O) groups excluding carboxylic acids is 1. The predicted molar refractivity (Wildman–Crippen MR) is 123 cm³/mol. The number of thiophene rings is 1. The number of phenolic OH excluding ortho intramolecular Hbond substituents is 1. The number of allylic oxidation sites excluding steroid dienone is 1. The highest BCUT2D eigenvalue weighted by Gasteiger charge is 2.33. The van der Waals surface area contributed by atoms with E-state index in [9.17, 15) is 14.7 Å². The van der Waals surface area contributed by atoms with Crippen LogP contribution in [0.1, 0.15) is 30.3 Å². The molecule has 1 N–H and O–H groups in total. The van der Waals surface area contributed by atoms with Gasteiger partial charge in [0.1, 0.15) is 11.8 Å². The molecule has 0 radical (unpaired) electrons. The third-order valence-electron chi connectivity index (χ3n) is 4.67. The summed E-state index contributed by atoms with van der Waals surface area (Å²) in [6, 6.07) is 6.03. The van der Waals surface area contributed by atoms with E-state index in [-0.39, 0.29) is 22.9 Å². The van der Waals surface area contributed by atoms with E-state index >= 15 is 0 Å². The molecule has 10 heteroatoms. The van der Waals surface area contributed by atoms with Crippen molar-refractivity contribution >= 4 is 57.9 Å². The van der Waals surface area contributed by atoms with Gasteiger partial charge in [0.25, 0.3) is 5.56 Å². The molecule has 0 spiro atoms. The average molecular weight is 495 g/mol. The van der Waals surface area contributed by atoms with E-state index < -0.39 is 12.0 Å². The second-order valence-electron chi connectivity index (χ2n) is 6.64. The number of esters is 1. The fourth-order valence-corrected chi connectivity index (χ4v) is 5.71. The molecule has 160 valence electrons. The minimum absolute atomic E-state index is 0.0865. The number of carbonyl (C=O) groups is 1. The lowest BCUT2D eigenvalue weighted by atomic mass is 10.0. The molecule has 2 aromatic heterocycles. The first-order valence-corrected chi connectivity index (χ1v) is 11.7. The number of rotatable bonds is 4. The highest BCUT2D eigenvalue weighted by molar-refractivity contribution is 7.10. The summed E-state index contributed by atoms with van der Waals surface area (Å²) in [5.74, 6) is -0.675. The van der Waals surface area contributed by atoms with Crippen molar-refractivity contribution < 1.29 is 14.6 Å². The maximum atomic E-state index is 13.4. The Morgan fingerprint density at radius 3 is 2.84 bits per heavy atom. The Hall–Kier alpha value is -2.39. The molecule has 0 bridgehead atoms. The molecular weight excluding hydrogens is 479 g/mol. The molecule has 3 aromatic rings. The second kappa shape index (κ2) is 8.63. The van der Waals surface area contributed by atoms with Crippen LogP contribution in [-0.4, -0.2) is 22.2 Å². The van der Waals surface area contributed by atoms with Gasteiger partial charge in [0, 0.05) is 15.5 Å². The maximum Gasteiger partial charge on any atom is 0.338 e. The molecule has 0 saturated carbocycles. The number of ether oxygens (including phenoxy) is 1. The molecule has 6 nitrogen and oxygen atoms in total. The number of phenols is 1. The normalized spacial score (nSPS) is 16.3. The zero-order chi connectivity index (χ0) is 22.3. The van der Waals surface area contributed by atoms with Gasteiger partial charge >= 0.3 is 5.97 Å². The van der Waals surface area contributed by atoms with Gasteiger partial charge in [-0.15, -0.1) is 11.3 Å². The van der Waals surface area contributed by atoms with Gasteiger partial charge in [-0.3, -0.25) is 9.36 Å². The first kappa shape index (κ1) is 21.8. The molecule has 1 aliphatic rings. The highest BCUT2D eigenvalue weighted by Crippen LogP contribution is 2.34. The van der Waals surface area contributed by atoms with Gasteiger partial charge in [0.2, 0.25) is 0 Å². The molecule has 0 fully saturated rings. The van der Waals surface area contributed by atoms with Crippen LogP contribution in [0.4, 0.5) is 0 Å². The third kappa shape index (κ3) is 3.96. The van der Waals surface area contributed by atoms with Crippen LogP contribution in [0.5, 0.6) is 5.75 Å². The fraction of sp³-hybridized carbons (Fsp3) is 0.190. The molecule has 0 amide bonds. The Morgan fingerprint density at radius 2 is 2.16 bits per heavy atom. The number of aromatic nitrogens is 1. The average Bonchev–Trinajstić information content (AvgIpc) is 3.34. The summed E-state index contributed by atoms with van der Waals surface area (Å²) in [6.45, 7) is 3.67. The van der Waals surface area contributed by atoms with Crippen LogP contribution < -0.4 is 14.9 Å². The Balaban J connectivity index is 1.97. The van der Waals surface area contributed by atoms with Crippen molar-refractivity contribution in [3.05, 3.63) is 81.1 Å². The second-order valence-corrected chi connectivity index (χ2v) is 9.48. The summed E-state index contributed by atoms with van der Waals surface area (Å²) in [7, 11) is 0. The first-order valence-electron chi connectivity index (χ1n) is 9.23. The Labute approximate surface area is 195 Å². The SMILES string of the molecule is CCOC(=O)C1=C(C)N=c2s/c(=C\c3cc(Cl)cc(Cl)c3O)c(=O)n2C1c1cccs1. The van der Waals surface area contributed by atoms with Gasteiger partial charge in [-0.05, 0) is 43.5 Å². The van der Waals surface area contributed by atoms with E-state index in [4.69, 9.17) is 27.9 Å². The lowest BCUT2D eigenvalue weighted by molar-refractivity contribution is -0.139. The van der Waals surface area contributed by atoms with E-state index in [1.165, 1.54) is 34.1 Å². The number of fused-ring (bicyclic) bond motifs is 1. The van der Waals surface area contributed by atoms with Crippen molar-refractivity contribution in [2.45, 2.75) is 19.9 Å². The van der Waals surface area contributed by atoms with Crippen LogP contribution in [0.3, 0.4) is 0 Å². The number of thiazole rings is 1. The minimum Gasteiger partial charge on any atom is -0.506 e. The molecule has 1 unspecified atom stereocenters. The van der Waals surface area contributed by atoms with Gasteiger partial charge in [0.05, 0.1) is 27.4 Å². The van der Waals surface area contributed by atoms with Crippen LogP contribution in [0.2, 0.25) is 10.0 Å². The van der Waals surface area contributed by atoms with Crippen molar-refractivity contribution in [3.8, 4) is 5.75 Å². The van der Waals surface area contributed by atoms with Gasteiger partial charge in [-0.25, -0.2) is 9.79 Å². The lowest BCUT2D eigenvalue weighted by Gasteiger charge is -2.23. The summed E-state index contributed by atoms with van der Waals surface area (Å²) < 4.78 is 7.06. The summed E-state index contributed by atoms with van der Waals surface area (Å²) in [5, 5.41) is 12.6. The number of aromatic hydroxyl groups is 1. The number of hydrogen-bond donors (Lipinski definition) is 1. The molecule has 4 rings (SSSR count). The van der Waals surface area contributed by atoms with E-state index in [1.807, 2.05) is 17.5 Å². The third-order valence-corrected chi connectivity index (χ3v) is 7.09. The van der Waals surface area contributed by atoms with Crippen LogP contribution >= 0.6 is 45.9 Å². The topological polar surface area (TPSA) is 80.9 Å². The number of benzene rings is 1. The zero-order valence-electron chi connectivity index (χ0n) is 16.4. The van der Waals surface area contributed by atoms with Crippen LogP contribution in [-0.2, 0) is 9.53 Å². The van der Waals surface area contributed by atoms with Crippen LogP contribution in [0.15, 0.2) is 50.7 Å². The van der Waals surface area contributed by atoms with Gasteiger partial charge < -0.3 is 9.84 Å². The van der Waals surface area contributed by atoms with Crippen LogP contribution in [0.25, 0.3) is 6.08 Å². The zero-order valence-corrected chi connectivity index (χ0v) is 19.5. The van der Waals surface area contributed by atoms with Gasteiger partial charge in [-0.1, -0.05) is 40.6 Å². The predicted octanol–water partition coefficient (Wildman–Crippen LogP) is 3.87. The Morgan fingerprint density at radius 1 is 1.39 bits per heavy atom. The molecule has 3 heterocycles. The Bertz CT molecular complexity index is 1390. The van der Waals surface area contributed by atoms with Gasteiger partial charge in [0.15, 0.2) is 4.80 Å². The van der Waals surface area contributed by atoms with Gasteiger partial charge in [-0.2, -0.15) is 0 Å². The molecule has 31 heavy (non-hydrogen) atoms. The lowest BCUT2D eigenvalue weighted by Crippen LogP contribution is -2.39. The monoisotopic (exact) mass is 494 g/mol. The largest absolute Gasteiger partial charge is 0.506 e. The van der Waals surface area contributed by atoms with E-state index in [1.54, 1.807) is 13.8 Å². The van der Waals surface area contributed by atoms with Crippen molar-refractivity contribution in [1.82, 2.24) is 4.57 Å². The number of hydrogen-bond acceptors (Lipinski definition) is 7. The van der Waals surface area contributed by atoms with E-state index in [2.05, 4.69) is 4.99 Å². The number of halogens is 2. The standard InChI is InChI=1S/C21H16Cl2N2O4S2/c1-3-29-20(28)16-10(2)24-21-25(17(16)14-5-4-6-30-14)19(27)15(31-21)8-11-7-12(22)9-13(23)18(11)26/h4-9,17,26H,3H2,1-2H3/b15-8-. The number of nitrogens with zero attached hydrogens (tertiary/aromatic N) is 2.